The fourth-order valence-corrected chi connectivity index (χ4v) is 6.19. The van der Waals surface area contributed by atoms with Gasteiger partial charge >= 0.3 is 0 Å². The van der Waals surface area contributed by atoms with Crippen LogP contribution in [0.4, 0.5) is 14.5 Å². The maximum absolute atomic E-state index is 15.4. The predicted octanol–water partition coefficient (Wildman–Crippen LogP) is 2.51. The Morgan fingerprint density at radius 2 is 2.05 bits per heavy atom. The molecule has 3 heterocycles. The number of carbonyl (C=O) groups excluding carboxylic acids is 1. The molecule has 1 aliphatic heterocycles. The first kappa shape index (κ1) is 27.1. The van der Waals surface area contributed by atoms with Crippen LogP contribution in [0, 0.1) is 17.0 Å². The van der Waals surface area contributed by atoms with Crippen molar-refractivity contribution in [3.8, 4) is 0 Å². The SMILES string of the molecule is CCN(Cc1cocn1)C[C@H]1[C@@](C)(c2cc(NC(=O)c3ccc(F)cn3)ccc2F)NC(=N)N(C)S1(=O)=O. The lowest BCUT2D eigenvalue weighted by atomic mass is 9.86. The first-order chi connectivity index (χ1) is 18.0. The molecule has 202 valence electrons. The molecule has 1 aliphatic rings. The van der Waals surface area contributed by atoms with E-state index >= 15 is 4.39 Å². The Morgan fingerprint density at radius 3 is 2.68 bits per heavy atom. The van der Waals surface area contributed by atoms with Crippen LogP contribution in [0.25, 0.3) is 0 Å². The molecule has 3 N–H and O–H groups in total. The summed E-state index contributed by atoms with van der Waals surface area (Å²) in [6.45, 7) is 4.08. The number of oxazole rings is 1. The lowest BCUT2D eigenvalue weighted by molar-refractivity contribution is 0.102. The number of nitrogens with zero attached hydrogens (tertiary/aromatic N) is 4. The van der Waals surface area contributed by atoms with Crippen LogP contribution in [-0.4, -0.2) is 64.8 Å². The molecule has 4 rings (SSSR count). The summed E-state index contributed by atoms with van der Waals surface area (Å²) < 4.78 is 61.6. The van der Waals surface area contributed by atoms with E-state index in [9.17, 15) is 17.6 Å². The van der Waals surface area contributed by atoms with Crippen molar-refractivity contribution in [3.05, 3.63) is 77.8 Å². The molecule has 11 nitrogen and oxygen atoms in total. The number of anilines is 1. The van der Waals surface area contributed by atoms with Gasteiger partial charge in [-0.15, -0.1) is 0 Å². The van der Waals surface area contributed by atoms with Gasteiger partial charge in [-0.05, 0) is 43.8 Å². The smallest absolute Gasteiger partial charge is 0.274 e. The highest BCUT2D eigenvalue weighted by molar-refractivity contribution is 7.90. The van der Waals surface area contributed by atoms with Crippen molar-refractivity contribution >= 4 is 27.6 Å². The summed E-state index contributed by atoms with van der Waals surface area (Å²) in [4.78, 5) is 22.3. The zero-order valence-corrected chi connectivity index (χ0v) is 21.7. The number of halogens is 2. The van der Waals surface area contributed by atoms with Gasteiger partial charge in [-0.1, -0.05) is 6.92 Å². The molecule has 1 saturated heterocycles. The van der Waals surface area contributed by atoms with Gasteiger partial charge in [-0.2, -0.15) is 0 Å². The summed E-state index contributed by atoms with van der Waals surface area (Å²) in [6.07, 6.45) is 3.63. The first-order valence-electron chi connectivity index (χ1n) is 11.6. The van der Waals surface area contributed by atoms with E-state index < -0.39 is 44.3 Å². The molecule has 2 aromatic heterocycles. The number of sulfonamides is 1. The molecule has 1 amide bonds. The van der Waals surface area contributed by atoms with E-state index in [4.69, 9.17) is 9.83 Å². The molecule has 0 spiro atoms. The van der Waals surface area contributed by atoms with E-state index in [0.29, 0.717) is 18.8 Å². The predicted molar refractivity (Wildman–Crippen MR) is 135 cm³/mol. The Labute approximate surface area is 218 Å². The Bertz CT molecular complexity index is 1430. The number of carbonyl (C=O) groups is 1. The maximum Gasteiger partial charge on any atom is 0.274 e. The van der Waals surface area contributed by atoms with Gasteiger partial charge in [0, 0.05) is 31.4 Å². The number of nitrogens with one attached hydrogen (secondary N) is 3. The van der Waals surface area contributed by atoms with Crippen LogP contribution < -0.4 is 10.6 Å². The second-order valence-electron chi connectivity index (χ2n) is 8.99. The van der Waals surface area contributed by atoms with Gasteiger partial charge < -0.3 is 15.1 Å². The van der Waals surface area contributed by atoms with Crippen molar-refractivity contribution in [2.75, 3.05) is 25.5 Å². The van der Waals surface area contributed by atoms with Gasteiger partial charge in [-0.3, -0.25) is 15.1 Å². The quantitative estimate of drug-likeness (QED) is 0.390. The third kappa shape index (κ3) is 5.22. The van der Waals surface area contributed by atoms with E-state index in [1.807, 2.05) is 11.8 Å². The van der Waals surface area contributed by atoms with E-state index in [1.165, 1.54) is 44.8 Å². The van der Waals surface area contributed by atoms with Crippen LogP contribution in [0.1, 0.15) is 35.6 Å². The minimum atomic E-state index is -4.13. The molecule has 0 bridgehead atoms. The zero-order valence-electron chi connectivity index (χ0n) is 20.9. The highest BCUT2D eigenvalue weighted by Gasteiger charge is 2.53. The molecule has 3 aromatic rings. The van der Waals surface area contributed by atoms with Gasteiger partial charge in [0.05, 0.1) is 17.4 Å². The van der Waals surface area contributed by atoms with Crippen LogP contribution in [0.3, 0.4) is 0 Å². The Hall–Kier alpha value is -3.91. The summed E-state index contributed by atoms with van der Waals surface area (Å²) in [5.74, 6) is -2.42. The molecule has 1 fully saturated rings. The largest absolute Gasteiger partial charge is 0.451 e. The molecular formula is C24H27F2N7O4S. The highest BCUT2D eigenvalue weighted by atomic mass is 32.2. The highest BCUT2D eigenvalue weighted by Crippen LogP contribution is 2.37. The minimum absolute atomic E-state index is 0.0255. The van der Waals surface area contributed by atoms with Crippen LogP contribution in [0.15, 0.2) is 53.6 Å². The Kier molecular flexibility index (Phi) is 7.47. The fourth-order valence-electron chi connectivity index (χ4n) is 4.33. The van der Waals surface area contributed by atoms with Crippen molar-refractivity contribution in [2.24, 2.45) is 0 Å². The van der Waals surface area contributed by atoms with Crippen LogP contribution >= 0.6 is 0 Å². The van der Waals surface area contributed by atoms with E-state index in [2.05, 4.69) is 20.6 Å². The van der Waals surface area contributed by atoms with Crippen molar-refractivity contribution in [1.82, 2.24) is 24.5 Å². The van der Waals surface area contributed by atoms with Crippen molar-refractivity contribution in [2.45, 2.75) is 31.2 Å². The molecule has 0 unspecified atom stereocenters. The summed E-state index contributed by atoms with van der Waals surface area (Å²) in [7, 11) is -2.87. The van der Waals surface area contributed by atoms with Gasteiger partial charge in [0.2, 0.25) is 16.0 Å². The topological polar surface area (TPSA) is 145 Å². The maximum atomic E-state index is 15.4. The van der Waals surface area contributed by atoms with Gasteiger partial charge in [0.1, 0.15) is 28.8 Å². The third-order valence-electron chi connectivity index (χ3n) is 6.56. The standard InChI is InChI=1S/C24H27F2N7O4S/c1-4-33(11-17-13-37-14-29-17)12-21-24(2,31-23(27)32(3)38(21,35)36)18-9-16(6-7-19(18)26)30-22(34)20-8-5-15(25)10-28-20/h5-10,13-14,21H,4,11-12H2,1-3H3,(H2,27,31)(H,30,34)/t21-,24+/m0/s1. The number of aromatic nitrogens is 2. The molecule has 2 atom stereocenters. The average molecular weight is 548 g/mol. The second kappa shape index (κ2) is 10.5. The number of pyridine rings is 1. The summed E-state index contributed by atoms with van der Waals surface area (Å²) >= 11 is 0. The van der Waals surface area contributed by atoms with Crippen molar-refractivity contribution in [1.29, 1.82) is 5.41 Å². The second-order valence-corrected chi connectivity index (χ2v) is 11.1. The zero-order chi connectivity index (χ0) is 27.7. The lowest BCUT2D eigenvalue weighted by Gasteiger charge is -2.47. The van der Waals surface area contributed by atoms with E-state index in [0.717, 1.165) is 22.6 Å². The van der Waals surface area contributed by atoms with Gasteiger partial charge in [0.25, 0.3) is 5.91 Å². The number of amides is 1. The normalized spacial score (nSPS) is 20.8. The van der Waals surface area contributed by atoms with E-state index in [-0.39, 0.29) is 23.5 Å². The number of hydrogen-bond acceptors (Lipinski definition) is 8. The Balaban J connectivity index is 1.71. The Morgan fingerprint density at radius 1 is 1.29 bits per heavy atom. The number of hydrogen-bond donors (Lipinski definition) is 3. The lowest BCUT2D eigenvalue weighted by Crippen LogP contribution is -2.68. The first-order valence-corrected chi connectivity index (χ1v) is 13.1. The number of benzene rings is 1. The molecule has 38 heavy (non-hydrogen) atoms. The van der Waals surface area contributed by atoms with Gasteiger partial charge in [-0.25, -0.2) is 31.5 Å². The average Bonchev–Trinajstić information content (AvgIpc) is 3.39. The summed E-state index contributed by atoms with van der Waals surface area (Å²) in [5, 5.41) is 12.5. The summed E-state index contributed by atoms with van der Waals surface area (Å²) in [6, 6.07) is 6.03. The molecule has 14 heteroatoms. The van der Waals surface area contributed by atoms with Crippen molar-refractivity contribution in [3.63, 3.8) is 0 Å². The van der Waals surface area contributed by atoms with Crippen LogP contribution in [-0.2, 0) is 22.1 Å². The monoisotopic (exact) mass is 547 g/mol. The minimum Gasteiger partial charge on any atom is -0.451 e. The van der Waals surface area contributed by atoms with Crippen molar-refractivity contribution < 1.29 is 26.4 Å². The fraction of sp³-hybridized carbons (Fsp3) is 0.333. The molecule has 0 saturated carbocycles. The third-order valence-corrected chi connectivity index (χ3v) is 8.85. The summed E-state index contributed by atoms with van der Waals surface area (Å²) in [5.41, 5.74) is -0.961. The molecule has 1 aromatic carbocycles. The van der Waals surface area contributed by atoms with Gasteiger partial charge in [0.15, 0.2) is 6.39 Å². The van der Waals surface area contributed by atoms with Crippen LogP contribution in [0.5, 0.6) is 0 Å². The van der Waals surface area contributed by atoms with E-state index in [1.54, 1.807) is 0 Å². The molecule has 0 radical (unpaired) electrons. The molecular weight excluding hydrogens is 520 g/mol. The number of rotatable bonds is 8. The molecule has 0 aliphatic carbocycles. The number of guanidine groups is 1. The van der Waals surface area contributed by atoms with Crippen LogP contribution in [0.2, 0.25) is 0 Å².